The first-order valence-electron chi connectivity index (χ1n) is 7.27. The van der Waals surface area contributed by atoms with Crippen molar-refractivity contribution < 1.29 is 19.4 Å². The summed E-state index contributed by atoms with van der Waals surface area (Å²) in [6, 6.07) is 0. The second-order valence-corrected chi connectivity index (χ2v) is 5.61. The molecule has 1 aromatic rings. The number of carbonyl (C=O) groups is 2. The number of aromatic nitrogens is 1. The minimum atomic E-state index is -0.935. The Hall–Kier alpha value is -1.67. The number of carboxylic acids is 1. The van der Waals surface area contributed by atoms with E-state index >= 15 is 0 Å². The topological polar surface area (TPSA) is 91.8 Å². The summed E-state index contributed by atoms with van der Waals surface area (Å²) in [4.78, 5) is 28.8. The van der Waals surface area contributed by atoms with Crippen LogP contribution < -0.4 is 5.32 Å². The number of hydrogen-bond acceptors (Lipinski definition) is 6. The van der Waals surface area contributed by atoms with Gasteiger partial charge >= 0.3 is 5.97 Å². The third-order valence-corrected chi connectivity index (χ3v) is 3.78. The maximum atomic E-state index is 12.4. The predicted molar refractivity (Wildman–Crippen MR) is 85.5 cm³/mol. The third-order valence-electron chi connectivity index (χ3n) is 2.98. The molecule has 2 N–H and O–H groups in total. The van der Waals surface area contributed by atoms with E-state index in [4.69, 9.17) is 9.84 Å². The number of ether oxygens (including phenoxy) is 1. The van der Waals surface area contributed by atoms with Crippen LogP contribution in [-0.4, -0.2) is 60.2 Å². The number of hydrogen-bond donors (Lipinski definition) is 2. The molecule has 1 rings (SSSR count). The number of methoxy groups -OCH3 is 1. The van der Waals surface area contributed by atoms with Crippen LogP contribution in [0.4, 0.5) is 5.13 Å². The normalized spacial score (nSPS) is 10.5. The lowest BCUT2D eigenvalue weighted by atomic mass is 10.3. The molecule has 1 amide bonds. The van der Waals surface area contributed by atoms with E-state index in [1.807, 2.05) is 0 Å². The minimum absolute atomic E-state index is 0.0960. The summed E-state index contributed by atoms with van der Waals surface area (Å²) in [6.07, 6.45) is 2.03. The number of aliphatic carboxylic acids is 1. The van der Waals surface area contributed by atoms with Crippen LogP contribution in [0.5, 0.6) is 0 Å². The van der Waals surface area contributed by atoms with Crippen molar-refractivity contribution in [2.75, 3.05) is 38.7 Å². The lowest BCUT2D eigenvalue weighted by Gasteiger charge is -2.20. The molecule has 0 aliphatic heterocycles. The van der Waals surface area contributed by atoms with Crippen molar-refractivity contribution in [2.24, 2.45) is 0 Å². The maximum absolute atomic E-state index is 12.4. The number of carboxylic acid groups (broad SMARTS) is 1. The Balaban J connectivity index is 2.64. The van der Waals surface area contributed by atoms with Gasteiger partial charge in [-0.1, -0.05) is 13.3 Å². The summed E-state index contributed by atoms with van der Waals surface area (Å²) in [5, 5.41) is 14.3. The van der Waals surface area contributed by atoms with Gasteiger partial charge in [0.2, 0.25) is 0 Å². The van der Waals surface area contributed by atoms with Gasteiger partial charge in [0.25, 0.3) is 5.91 Å². The van der Waals surface area contributed by atoms with Crippen LogP contribution in [0.2, 0.25) is 0 Å². The minimum Gasteiger partial charge on any atom is -0.481 e. The summed E-state index contributed by atoms with van der Waals surface area (Å²) in [5.41, 5.74) is 0.338. The molecular weight excluding hydrogens is 306 g/mol. The highest BCUT2D eigenvalue weighted by molar-refractivity contribution is 7.13. The van der Waals surface area contributed by atoms with Gasteiger partial charge in [-0.05, 0) is 6.42 Å². The summed E-state index contributed by atoms with van der Waals surface area (Å²) in [7, 11) is 1.54. The van der Waals surface area contributed by atoms with Crippen LogP contribution in [-0.2, 0) is 9.53 Å². The average Bonchev–Trinajstić information content (AvgIpc) is 2.95. The van der Waals surface area contributed by atoms with Crippen LogP contribution in [0.25, 0.3) is 0 Å². The lowest BCUT2D eigenvalue weighted by molar-refractivity contribution is -0.137. The van der Waals surface area contributed by atoms with Crippen molar-refractivity contribution >= 4 is 28.3 Å². The molecular formula is C14H23N3O4S. The number of rotatable bonds is 11. The Morgan fingerprint density at radius 1 is 1.45 bits per heavy atom. The zero-order valence-electron chi connectivity index (χ0n) is 13.0. The Bertz CT molecular complexity index is 478. The Labute approximate surface area is 134 Å². The van der Waals surface area contributed by atoms with E-state index in [0.29, 0.717) is 24.0 Å². The number of unbranched alkanes of at least 4 members (excludes halogenated alkanes) is 1. The van der Waals surface area contributed by atoms with Crippen molar-refractivity contribution in [3.05, 3.63) is 11.1 Å². The van der Waals surface area contributed by atoms with Crippen LogP contribution in [0.3, 0.4) is 0 Å². The first-order chi connectivity index (χ1) is 10.6. The fraction of sp³-hybridized carbons (Fsp3) is 0.643. The number of anilines is 1. The van der Waals surface area contributed by atoms with Crippen molar-refractivity contribution in [1.82, 2.24) is 9.88 Å². The number of thiazole rings is 1. The highest BCUT2D eigenvalue weighted by atomic mass is 32.1. The van der Waals surface area contributed by atoms with Crippen LogP contribution in [0, 0.1) is 0 Å². The largest absolute Gasteiger partial charge is 0.481 e. The van der Waals surface area contributed by atoms with E-state index in [1.54, 1.807) is 12.5 Å². The van der Waals surface area contributed by atoms with Crippen molar-refractivity contribution in [3.8, 4) is 0 Å². The quantitative estimate of drug-likeness (QED) is 0.603. The molecule has 0 bridgehead atoms. The lowest BCUT2D eigenvalue weighted by Crippen LogP contribution is -2.35. The molecule has 22 heavy (non-hydrogen) atoms. The second-order valence-electron chi connectivity index (χ2n) is 4.75. The molecule has 1 heterocycles. The van der Waals surface area contributed by atoms with E-state index in [9.17, 15) is 9.59 Å². The molecule has 0 atom stereocenters. The number of carbonyl (C=O) groups excluding carboxylic acids is 1. The molecule has 0 aliphatic carbocycles. The molecule has 0 aromatic carbocycles. The molecule has 0 fully saturated rings. The van der Waals surface area contributed by atoms with E-state index in [1.165, 1.54) is 16.2 Å². The Morgan fingerprint density at radius 3 is 2.86 bits per heavy atom. The van der Waals surface area contributed by atoms with Crippen LogP contribution in [0.1, 0.15) is 36.7 Å². The zero-order chi connectivity index (χ0) is 16.4. The van der Waals surface area contributed by atoms with Gasteiger partial charge in [0, 0.05) is 32.1 Å². The average molecular weight is 329 g/mol. The Kier molecular flexibility index (Phi) is 8.46. The Morgan fingerprint density at radius 2 is 2.23 bits per heavy atom. The van der Waals surface area contributed by atoms with Crippen molar-refractivity contribution in [2.45, 2.75) is 26.2 Å². The summed E-state index contributed by atoms with van der Waals surface area (Å²) < 4.78 is 4.96. The fourth-order valence-corrected chi connectivity index (χ4v) is 2.45. The van der Waals surface area contributed by atoms with Gasteiger partial charge < -0.3 is 20.1 Å². The highest BCUT2D eigenvalue weighted by Crippen LogP contribution is 2.17. The van der Waals surface area contributed by atoms with Gasteiger partial charge in [-0.15, -0.1) is 11.3 Å². The van der Waals surface area contributed by atoms with E-state index in [-0.39, 0.29) is 18.9 Å². The van der Waals surface area contributed by atoms with Gasteiger partial charge in [0.05, 0.1) is 13.0 Å². The fourth-order valence-electron chi connectivity index (χ4n) is 1.73. The van der Waals surface area contributed by atoms with Gasteiger partial charge in [0.1, 0.15) is 5.69 Å². The molecule has 0 saturated heterocycles. The molecule has 8 heteroatoms. The molecule has 0 saturated carbocycles. The number of amides is 1. The van der Waals surface area contributed by atoms with E-state index in [0.717, 1.165) is 19.4 Å². The predicted octanol–water partition coefficient (Wildman–Crippen LogP) is 1.92. The highest BCUT2D eigenvalue weighted by Gasteiger charge is 2.19. The van der Waals surface area contributed by atoms with Gasteiger partial charge in [-0.25, -0.2) is 4.98 Å². The second kappa shape index (κ2) is 10.1. The summed E-state index contributed by atoms with van der Waals surface area (Å²) in [5.74, 6) is -1.20. The molecule has 0 unspecified atom stereocenters. The number of nitrogens with zero attached hydrogens (tertiary/aromatic N) is 2. The maximum Gasteiger partial charge on any atom is 0.305 e. The third kappa shape index (κ3) is 6.40. The summed E-state index contributed by atoms with van der Waals surface area (Å²) in [6.45, 7) is 3.78. The van der Waals surface area contributed by atoms with E-state index in [2.05, 4.69) is 17.2 Å². The first-order valence-corrected chi connectivity index (χ1v) is 8.15. The van der Waals surface area contributed by atoms with Crippen molar-refractivity contribution in [1.29, 1.82) is 0 Å². The molecule has 0 aliphatic rings. The van der Waals surface area contributed by atoms with Crippen LogP contribution >= 0.6 is 11.3 Å². The monoisotopic (exact) mass is 329 g/mol. The molecule has 0 spiro atoms. The first kappa shape index (κ1) is 18.4. The van der Waals surface area contributed by atoms with Gasteiger partial charge in [-0.2, -0.15) is 0 Å². The molecule has 1 aromatic heterocycles. The molecule has 7 nitrogen and oxygen atoms in total. The molecule has 0 radical (unpaired) electrons. The van der Waals surface area contributed by atoms with Gasteiger partial charge in [-0.3, -0.25) is 9.59 Å². The SMILES string of the molecule is CCCCNc1nc(C(=O)N(CCOC)CCC(=O)O)cs1. The zero-order valence-corrected chi connectivity index (χ0v) is 13.8. The van der Waals surface area contributed by atoms with Crippen LogP contribution in [0.15, 0.2) is 5.38 Å². The standard InChI is InChI=1S/C14H23N3O4S/c1-3-4-6-15-14-16-11(10-22-14)13(20)17(8-9-21-2)7-5-12(18)19/h10H,3-9H2,1-2H3,(H,15,16)(H,18,19). The smallest absolute Gasteiger partial charge is 0.305 e. The summed E-state index contributed by atoms with van der Waals surface area (Å²) >= 11 is 1.38. The molecule has 124 valence electrons. The number of nitrogens with one attached hydrogen (secondary N) is 1. The van der Waals surface area contributed by atoms with Crippen molar-refractivity contribution in [3.63, 3.8) is 0 Å². The van der Waals surface area contributed by atoms with Gasteiger partial charge in [0.15, 0.2) is 5.13 Å². The van der Waals surface area contributed by atoms with E-state index < -0.39 is 5.97 Å².